The first-order valence-corrected chi connectivity index (χ1v) is 15.9. The van der Waals surface area contributed by atoms with Crippen LogP contribution >= 0.6 is 0 Å². The van der Waals surface area contributed by atoms with Crippen LogP contribution in [0.3, 0.4) is 0 Å². The number of carbonyl (C=O) groups excluding carboxylic acids is 2. The first-order valence-electron chi connectivity index (χ1n) is 15.9. The molecule has 12 nitrogen and oxygen atoms in total. The number of benzene rings is 2. The smallest absolute Gasteiger partial charge is 0.261 e. The van der Waals surface area contributed by atoms with Crippen LogP contribution in [-0.2, 0) is 35.1 Å². The van der Waals surface area contributed by atoms with Gasteiger partial charge in [0.05, 0.1) is 69.0 Å². The molecule has 0 radical (unpaired) electrons. The van der Waals surface area contributed by atoms with Gasteiger partial charge in [-0.1, -0.05) is 49.1 Å². The molecule has 2 heterocycles. The Morgan fingerprint density at radius 3 is 2.55 bits per heavy atom. The summed E-state index contributed by atoms with van der Waals surface area (Å²) in [6, 6.07) is 15.2. The first-order chi connectivity index (χ1) is 22.8. The summed E-state index contributed by atoms with van der Waals surface area (Å²) in [5.74, 6) is 5.79. The Hall–Kier alpha value is -4.12. The third kappa shape index (κ3) is 11.3. The zero-order valence-electron chi connectivity index (χ0n) is 27.2. The molecule has 2 atom stereocenters. The van der Waals surface area contributed by atoms with Gasteiger partial charge in [0.2, 0.25) is 11.8 Å². The van der Waals surface area contributed by atoms with E-state index in [1.54, 1.807) is 27.7 Å². The maximum atomic E-state index is 13.3. The SMILES string of the molecule is C[C@H](CC(=O)N1CCC(C)(Cn2cnc3cc(C#CCNC(=O)COCCOCCOCCN)ccc3c2=O)OC1)c1ccccc1. The van der Waals surface area contributed by atoms with Crippen LogP contribution < -0.4 is 16.6 Å². The van der Waals surface area contributed by atoms with Gasteiger partial charge in [-0.3, -0.25) is 19.0 Å². The average Bonchev–Trinajstić information content (AvgIpc) is 3.08. The standard InChI is InChI=1S/C35H45N5O7/c1-27(29-8-4-3-5-9-29)21-33(42)39-15-12-35(2,47-26-39)24-40-25-38-31-22-28(10-11-30(31)34(40)43)7-6-14-37-32(41)23-46-20-19-45-18-17-44-16-13-36/h3-5,8-11,22,25,27H,12-21,23-24,26,36H2,1-2H3,(H,37,41)/t27-,35?/m1/s1. The quantitative estimate of drug-likeness (QED) is 0.176. The summed E-state index contributed by atoms with van der Waals surface area (Å²) in [6.45, 7) is 7.68. The van der Waals surface area contributed by atoms with Crippen LogP contribution in [0.25, 0.3) is 10.9 Å². The number of hydrogen-bond acceptors (Lipinski definition) is 9. The lowest BCUT2D eigenvalue weighted by Crippen LogP contribution is -2.50. The van der Waals surface area contributed by atoms with E-state index in [9.17, 15) is 14.4 Å². The zero-order chi connectivity index (χ0) is 33.5. The lowest BCUT2D eigenvalue weighted by Gasteiger charge is -2.40. The number of nitrogens with two attached hydrogens (primary N) is 1. The van der Waals surface area contributed by atoms with Gasteiger partial charge in [0.25, 0.3) is 5.56 Å². The molecule has 1 unspecified atom stereocenters. The lowest BCUT2D eigenvalue weighted by atomic mass is 9.96. The minimum Gasteiger partial charge on any atom is -0.378 e. The molecule has 1 aliphatic rings. The molecule has 2 amide bonds. The molecule has 47 heavy (non-hydrogen) atoms. The van der Waals surface area contributed by atoms with Crippen LogP contribution in [0.1, 0.15) is 43.7 Å². The number of carbonyl (C=O) groups is 2. The monoisotopic (exact) mass is 647 g/mol. The predicted octanol–water partition coefficient (Wildman–Crippen LogP) is 2.03. The van der Waals surface area contributed by atoms with Crippen LogP contribution in [0.4, 0.5) is 0 Å². The molecule has 1 aliphatic heterocycles. The van der Waals surface area contributed by atoms with Gasteiger partial charge in [0.15, 0.2) is 0 Å². The maximum absolute atomic E-state index is 13.3. The molecule has 1 aromatic heterocycles. The number of rotatable bonds is 16. The Bertz CT molecular complexity index is 1580. The highest BCUT2D eigenvalue weighted by molar-refractivity contribution is 5.79. The van der Waals surface area contributed by atoms with Gasteiger partial charge in [-0.15, -0.1) is 0 Å². The molecule has 1 fully saturated rings. The second kappa shape index (κ2) is 18.3. The van der Waals surface area contributed by atoms with Gasteiger partial charge < -0.3 is 34.9 Å². The minimum atomic E-state index is -0.616. The number of nitrogens with one attached hydrogen (secondary N) is 1. The second-order valence-corrected chi connectivity index (χ2v) is 11.7. The zero-order valence-corrected chi connectivity index (χ0v) is 27.2. The first kappa shape index (κ1) is 35.7. The predicted molar refractivity (Wildman–Crippen MR) is 178 cm³/mol. The van der Waals surface area contributed by atoms with Gasteiger partial charge in [0, 0.05) is 25.1 Å². The highest BCUT2D eigenvalue weighted by Gasteiger charge is 2.34. The summed E-state index contributed by atoms with van der Waals surface area (Å²) >= 11 is 0. The Morgan fingerprint density at radius 2 is 1.83 bits per heavy atom. The number of aromatic nitrogens is 2. The Morgan fingerprint density at radius 1 is 1.09 bits per heavy atom. The molecular weight excluding hydrogens is 602 g/mol. The summed E-state index contributed by atoms with van der Waals surface area (Å²) in [5.41, 5.74) is 6.89. The van der Waals surface area contributed by atoms with Crippen LogP contribution in [0.15, 0.2) is 59.7 Å². The summed E-state index contributed by atoms with van der Waals surface area (Å²) in [7, 11) is 0. The van der Waals surface area contributed by atoms with Crippen molar-refractivity contribution in [3.8, 4) is 11.8 Å². The van der Waals surface area contributed by atoms with Crippen molar-refractivity contribution in [1.29, 1.82) is 0 Å². The normalized spacial score (nSPS) is 16.8. The average molecular weight is 648 g/mol. The molecule has 3 aromatic rings. The van der Waals surface area contributed by atoms with E-state index >= 15 is 0 Å². The van der Waals surface area contributed by atoms with Gasteiger partial charge in [-0.2, -0.15) is 0 Å². The molecular formula is C35H45N5O7. The second-order valence-electron chi connectivity index (χ2n) is 11.7. The summed E-state index contributed by atoms with van der Waals surface area (Å²) < 4.78 is 23.5. The molecule has 12 heteroatoms. The van der Waals surface area contributed by atoms with Gasteiger partial charge in [-0.05, 0) is 43.0 Å². The van der Waals surface area contributed by atoms with E-state index in [1.165, 1.54) is 6.33 Å². The van der Waals surface area contributed by atoms with Crippen molar-refractivity contribution in [2.75, 3.05) is 66.0 Å². The van der Waals surface area contributed by atoms with Gasteiger partial charge in [-0.25, -0.2) is 4.98 Å². The molecule has 252 valence electrons. The molecule has 0 aliphatic carbocycles. The Kier molecular flexibility index (Phi) is 13.9. The highest BCUT2D eigenvalue weighted by atomic mass is 16.5. The van der Waals surface area contributed by atoms with Crippen molar-refractivity contribution >= 4 is 22.7 Å². The maximum Gasteiger partial charge on any atom is 0.261 e. The molecule has 1 saturated heterocycles. The summed E-state index contributed by atoms with van der Waals surface area (Å²) in [6.07, 6.45) is 2.54. The van der Waals surface area contributed by atoms with E-state index in [0.717, 1.165) is 5.56 Å². The van der Waals surface area contributed by atoms with Crippen molar-refractivity contribution in [3.05, 3.63) is 76.3 Å². The molecule has 3 N–H and O–H groups in total. The van der Waals surface area contributed by atoms with Gasteiger partial charge in [0.1, 0.15) is 13.3 Å². The van der Waals surface area contributed by atoms with E-state index < -0.39 is 5.60 Å². The van der Waals surface area contributed by atoms with E-state index in [1.807, 2.05) is 37.3 Å². The van der Waals surface area contributed by atoms with Crippen LogP contribution in [0.2, 0.25) is 0 Å². The molecule has 0 bridgehead atoms. The third-order valence-electron chi connectivity index (χ3n) is 7.86. The number of ether oxygens (including phenoxy) is 4. The van der Waals surface area contributed by atoms with Gasteiger partial charge >= 0.3 is 0 Å². The fourth-order valence-corrected chi connectivity index (χ4v) is 5.09. The summed E-state index contributed by atoms with van der Waals surface area (Å²) in [5, 5.41) is 3.16. The minimum absolute atomic E-state index is 0.0571. The number of nitrogens with zero attached hydrogens (tertiary/aromatic N) is 3. The van der Waals surface area contributed by atoms with Crippen LogP contribution in [-0.4, -0.2) is 97.9 Å². The fraction of sp³-hybridized carbons (Fsp3) is 0.486. The summed E-state index contributed by atoms with van der Waals surface area (Å²) in [4.78, 5) is 44.4. The van der Waals surface area contributed by atoms with Crippen molar-refractivity contribution in [3.63, 3.8) is 0 Å². The molecule has 0 spiro atoms. The molecule has 0 saturated carbocycles. The molecule has 2 aromatic carbocycles. The van der Waals surface area contributed by atoms with Crippen LogP contribution in [0.5, 0.6) is 0 Å². The van der Waals surface area contributed by atoms with Crippen molar-refractivity contribution in [2.24, 2.45) is 5.73 Å². The number of fused-ring (bicyclic) bond motifs is 1. The van der Waals surface area contributed by atoms with E-state index in [2.05, 4.69) is 29.1 Å². The number of hydrogen-bond donors (Lipinski definition) is 2. The van der Waals surface area contributed by atoms with E-state index in [0.29, 0.717) is 82.0 Å². The van der Waals surface area contributed by atoms with Crippen molar-refractivity contribution in [1.82, 2.24) is 19.8 Å². The highest BCUT2D eigenvalue weighted by Crippen LogP contribution is 2.26. The van der Waals surface area contributed by atoms with E-state index in [4.69, 9.17) is 24.7 Å². The molecule has 4 rings (SSSR count). The largest absolute Gasteiger partial charge is 0.378 e. The van der Waals surface area contributed by atoms with Crippen molar-refractivity contribution in [2.45, 2.75) is 44.8 Å². The lowest BCUT2D eigenvalue weighted by molar-refractivity contribution is -0.163. The van der Waals surface area contributed by atoms with Crippen LogP contribution in [0, 0.1) is 11.8 Å². The topological polar surface area (TPSA) is 147 Å². The Balaban J connectivity index is 1.20. The Labute approximate surface area is 275 Å². The fourth-order valence-electron chi connectivity index (χ4n) is 5.09. The van der Waals surface area contributed by atoms with E-state index in [-0.39, 0.29) is 43.2 Å². The number of amides is 2. The van der Waals surface area contributed by atoms with Crippen molar-refractivity contribution < 1.29 is 28.5 Å². The third-order valence-corrected chi connectivity index (χ3v) is 7.86.